The second kappa shape index (κ2) is 5.02. The highest BCUT2D eigenvalue weighted by Crippen LogP contribution is 2.18. The van der Waals surface area contributed by atoms with Crippen LogP contribution in [-0.4, -0.2) is 9.61 Å². The summed E-state index contributed by atoms with van der Waals surface area (Å²) in [6.07, 6.45) is 3.65. The van der Waals surface area contributed by atoms with E-state index >= 15 is 0 Å². The lowest BCUT2D eigenvalue weighted by Gasteiger charge is -2.07. The fraction of sp³-hybridized carbons (Fsp3) is 0.0667. The Kier molecular flexibility index (Phi) is 3.05. The fourth-order valence-electron chi connectivity index (χ4n) is 2.08. The fourth-order valence-corrected chi connectivity index (χ4v) is 2.08. The summed E-state index contributed by atoms with van der Waals surface area (Å²) in [5.74, 6) is -0.414. The molecule has 98 valence electrons. The first-order chi connectivity index (χ1) is 9.78. The zero-order valence-electron chi connectivity index (χ0n) is 10.5. The van der Waals surface area contributed by atoms with E-state index in [1.807, 2.05) is 30.5 Å². The molecule has 20 heavy (non-hydrogen) atoms. The summed E-state index contributed by atoms with van der Waals surface area (Å²) >= 11 is 0. The van der Waals surface area contributed by atoms with Gasteiger partial charge in [-0.1, -0.05) is 6.07 Å². The van der Waals surface area contributed by atoms with Crippen LogP contribution in [-0.2, 0) is 6.54 Å². The van der Waals surface area contributed by atoms with E-state index in [2.05, 4.69) is 10.4 Å². The third kappa shape index (κ3) is 2.19. The van der Waals surface area contributed by atoms with Crippen molar-refractivity contribution in [2.75, 3.05) is 5.32 Å². The molecule has 0 saturated carbocycles. The van der Waals surface area contributed by atoms with Crippen molar-refractivity contribution in [3.63, 3.8) is 0 Å². The number of nitrogens with one attached hydrogen (secondary N) is 1. The number of benzene rings is 1. The number of nitriles is 1. The first kappa shape index (κ1) is 12.2. The van der Waals surface area contributed by atoms with Crippen molar-refractivity contribution in [3.8, 4) is 6.07 Å². The van der Waals surface area contributed by atoms with Crippen LogP contribution < -0.4 is 5.32 Å². The Labute approximate surface area is 115 Å². The third-order valence-corrected chi connectivity index (χ3v) is 3.08. The van der Waals surface area contributed by atoms with Gasteiger partial charge in [-0.05, 0) is 30.3 Å². The van der Waals surface area contributed by atoms with E-state index in [0.29, 0.717) is 17.8 Å². The monoisotopic (exact) mass is 266 g/mol. The largest absolute Gasteiger partial charge is 0.380 e. The lowest BCUT2D eigenvalue weighted by atomic mass is 10.2. The summed E-state index contributed by atoms with van der Waals surface area (Å²) in [5, 5.41) is 16.4. The second-order valence-corrected chi connectivity index (χ2v) is 4.36. The Morgan fingerprint density at radius 1 is 1.30 bits per heavy atom. The van der Waals surface area contributed by atoms with Crippen LogP contribution in [0.5, 0.6) is 0 Å². The molecular weight excluding hydrogens is 255 g/mol. The van der Waals surface area contributed by atoms with Gasteiger partial charge in [0.05, 0.1) is 23.0 Å². The van der Waals surface area contributed by atoms with E-state index in [1.165, 1.54) is 12.1 Å². The summed E-state index contributed by atoms with van der Waals surface area (Å²) in [7, 11) is 0. The van der Waals surface area contributed by atoms with E-state index in [1.54, 1.807) is 16.8 Å². The maximum atomic E-state index is 13.1. The normalized spacial score (nSPS) is 10.4. The Morgan fingerprint density at radius 3 is 3.05 bits per heavy atom. The highest BCUT2D eigenvalue weighted by atomic mass is 19.1. The molecule has 0 fully saturated rings. The van der Waals surface area contributed by atoms with Gasteiger partial charge >= 0.3 is 0 Å². The van der Waals surface area contributed by atoms with Crippen LogP contribution in [0.15, 0.2) is 48.8 Å². The van der Waals surface area contributed by atoms with E-state index in [4.69, 9.17) is 5.26 Å². The minimum absolute atomic E-state index is 0.293. The molecule has 0 aliphatic rings. The Hall–Kier alpha value is -2.87. The molecule has 0 amide bonds. The summed E-state index contributed by atoms with van der Waals surface area (Å²) in [5.41, 5.74) is 2.92. The van der Waals surface area contributed by atoms with Gasteiger partial charge in [-0.15, -0.1) is 0 Å². The number of halogens is 1. The van der Waals surface area contributed by atoms with Gasteiger partial charge < -0.3 is 5.32 Å². The van der Waals surface area contributed by atoms with Crippen LogP contribution in [0, 0.1) is 17.1 Å². The molecule has 2 heterocycles. The molecule has 1 aromatic carbocycles. The Bertz CT molecular complexity index is 801. The van der Waals surface area contributed by atoms with Gasteiger partial charge in [0.25, 0.3) is 0 Å². The average Bonchev–Trinajstić information content (AvgIpc) is 2.89. The highest BCUT2D eigenvalue weighted by Gasteiger charge is 2.06. The second-order valence-electron chi connectivity index (χ2n) is 4.36. The smallest absolute Gasteiger partial charge is 0.124 e. The lowest BCUT2D eigenvalue weighted by Crippen LogP contribution is -2.01. The molecule has 3 aromatic rings. The highest BCUT2D eigenvalue weighted by molar-refractivity contribution is 5.60. The molecular formula is C15H11FN4. The Balaban J connectivity index is 1.85. The standard InChI is InChI=1S/C15H11FN4/c16-13-4-5-14(11(7-13)8-17)18-9-12-10-19-20-6-2-1-3-15(12)20/h1-7,10,18H,9H2. The zero-order valence-corrected chi connectivity index (χ0v) is 10.5. The van der Waals surface area contributed by atoms with Crippen molar-refractivity contribution in [2.45, 2.75) is 6.54 Å². The van der Waals surface area contributed by atoms with Crippen LogP contribution in [0.4, 0.5) is 10.1 Å². The summed E-state index contributed by atoms with van der Waals surface area (Å²) in [4.78, 5) is 0. The molecule has 0 spiro atoms. The van der Waals surface area contributed by atoms with Crippen LogP contribution in [0.3, 0.4) is 0 Å². The minimum atomic E-state index is -0.414. The number of pyridine rings is 1. The molecule has 0 saturated heterocycles. The van der Waals surface area contributed by atoms with Crippen LogP contribution in [0.2, 0.25) is 0 Å². The first-order valence-electron chi connectivity index (χ1n) is 6.13. The topological polar surface area (TPSA) is 53.1 Å². The predicted molar refractivity (Wildman–Crippen MR) is 73.6 cm³/mol. The van der Waals surface area contributed by atoms with Crippen molar-refractivity contribution < 1.29 is 4.39 Å². The zero-order chi connectivity index (χ0) is 13.9. The molecule has 0 unspecified atom stereocenters. The Morgan fingerprint density at radius 2 is 2.20 bits per heavy atom. The van der Waals surface area contributed by atoms with Crippen molar-refractivity contribution in [1.82, 2.24) is 9.61 Å². The summed E-state index contributed by atoms with van der Waals surface area (Å²) in [6.45, 7) is 0.522. The first-order valence-corrected chi connectivity index (χ1v) is 6.13. The molecule has 0 bridgehead atoms. The number of anilines is 1. The van der Waals surface area contributed by atoms with Gasteiger partial charge in [-0.2, -0.15) is 10.4 Å². The van der Waals surface area contributed by atoms with Crippen molar-refractivity contribution >= 4 is 11.2 Å². The maximum Gasteiger partial charge on any atom is 0.124 e. The quantitative estimate of drug-likeness (QED) is 0.793. The molecule has 5 heteroatoms. The average molecular weight is 266 g/mol. The number of nitrogens with zero attached hydrogens (tertiary/aromatic N) is 3. The number of fused-ring (bicyclic) bond motifs is 1. The molecule has 4 nitrogen and oxygen atoms in total. The predicted octanol–water partition coefficient (Wildman–Crippen LogP) is 2.96. The summed E-state index contributed by atoms with van der Waals surface area (Å²) < 4.78 is 14.8. The van der Waals surface area contributed by atoms with Crippen molar-refractivity contribution in [2.24, 2.45) is 0 Å². The van der Waals surface area contributed by atoms with Crippen molar-refractivity contribution in [3.05, 3.63) is 65.7 Å². The van der Waals surface area contributed by atoms with Gasteiger partial charge in [-0.25, -0.2) is 8.91 Å². The van der Waals surface area contributed by atoms with Gasteiger partial charge in [-0.3, -0.25) is 0 Å². The molecule has 3 rings (SSSR count). The number of hydrogen-bond acceptors (Lipinski definition) is 3. The van der Waals surface area contributed by atoms with E-state index in [-0.39, 0.29) is 0 Å². The SMILES string of the molecule is N#Cc1cc(F)ccc1NCc1cnn2ccccc12. The van der Waals surface area contributed by atoms with Gasteiger partial charge in [0.1, 0.15) is 11.9 Å². The molecule has 0 aliphatic heterocycles. The van der Waals surface area contributed by atoms with E-state index in [9.17, 15) is 4.39 Å². The molecule has 0 atom stereocenters. The lowest BCUT2D eigenvalue weighted by molar-refractivity contribution is 0.627. The van der Waals surface area contributed by atoms with E-state index < -0.39 is 5.82 Å². The maximum absolute atomic E-state index is 13.1. The van der Waals surface area contributed by atoms with E-state index in [0.717, 1.165) is 11.1 Å². The molecule has 2 aromatic heterocycles. The minimum Gasteiger partial charge on any atom is -0.380 e. The van der Waals surface area contributed by atoms with Gasteiger partial charge in [0.15, 0.2) is 0 Å². The number of aromatic nitrogens is 2. The van der Waals surface area contributed by atoms with Crippen LogP contribution in [0.1, 0.15) is 11.1 Å². The number of hydrogen-bond donors (Lipinski definition) is 1. The third-order valence-electron chi connectivity index (χ3n) is 3.08. The van der Waals surface area contributed by atoms with Crippen LogP contribution >= 0.6 is 0 Å². The summed E-state index contributed by atoms with van der Waals surface area (Å²) in [6, 6.07) is 11.9. The molecule has 0 radical (unpaired) electrons. The van der Waals surface area contributed by atoms with Crippen LogP contribution in [0.25, 0.3) is 5.52 Å². The number of rotatable bonds is 3. The molecule has 0 aliphatic carbocycles. The molecule has 1 N–H and O–H groups in total. The van der Waals surface area contributed by atoms with Gasteiger partial charge in [0, 0.05) is 18.3 Å². The van der Waals surface area contributed by atoms with Crippen molar-refractivity contribution in [1.29, 1.82) is 5.26 Å². The van der Waals surface area contributed by atoms with Gasteiger partial charge in [0.2, 0.25) is 0 Å².